The van der Waals surface area contributed by atoms with Crippen molar-refractivity contribution in [2.24, 2.45) is 0 Å². The molecule has 0 aliphatic carbocycles. The summed E-state index contributed by atoms with van der Waals surface area (Å²) in [5.41, 5.74) is 0. The standard InChI is InChI=1S/C4H6O3/c5-2-1-3-7-4-6/h1-2,4-5H,3H2. The van der Waals surface area contributed by atoms with Gasteiger partial charge in [0.15, 0.2) is 0 Å². The average molecular weight is 102 g/mol. The van der Waals surface area contributed by atoms with Gasteiger partial charge in [0.2, 0.25) is 0 Å². The molecule has 0 unspecified atom stereocenters. The van der Waals surface area contributed by atoms with E-state index in [0.717, 1.165) is 6.26 Å². The van der Waals surface area contributed by atoms with E-state index in [0.29, 0.717) is 6.47 Å². The first kappa shape index (κ1) is 6.01. The molecule has 7 heavy (non-hydrogen) atoms. The van der Waals surface area contributed by atoms with Gasteiger partial charge in [-0.05, 0) is 6.08 Å². The number of carbonyl (C=O) groups excluding carboxylic acids is 1. The first-order valence-corrected chi connectivity index (χ1v) is 1.76. The molecule has 0 amide bonds. The first-order chi connectivity index (χ1) is 3.41. The van der Waals surface area contributed by atoms with E-state index in [2.05, 4.69) is 4.74 Å². The van der Waals surface area contributed by atoms with E-state index in [1.807, 2.05) is 0 Å². The fourth-order valence-electron chi connectivity index (χ4n) is 0.138. The summed E-state index contributed by atoms with van der Waals surface area (Å²) in [5, 5.41) is 7.92. The molecule has 0 aliphatic heterocycles. The molecule has 0 heterocycles. The largest absolute Gasteiger partial charge is 0.516 e. The van der Waals surface area contributed by atoms with Crippen LogP contribution in [0.15, 0.2) is 12.3 Å². The van der Waals surface area contributed by atoms with Crippen molar-refractivity contribution in [3.8, 4) is 0 Å². The van der Waals surface area contributed by atoms with E-state index in [9.17, 15) is 4.79 Å². The zero-order valence-electron chi connectivity index (χ0n) is 3.70. The summed E-state index contributed by atoms with van der Waals surface area (Å²) < 4.78 is 4.15. The smallest absolute Gasteiger partial charge is 0.293 e. The molecule has 0 aliphatic rings. The summed E-state index contributed by atoms with van der Waals surface area (Å²) in [6, 6.07) is 0. The van der Waals surface area contributed by atoms with Gasteiger partial charge in [0.05, 0.1) is 6.26 Å². The van der Waals surface area contributed by atoms with Crippen molar-refractivity contribution in [3.63, 3.8) is 0 Å². The van der Waals surface area contributed by atoms with Crippen molar-refractivity contribution in [1.29, 1.82) is 0 Å². The summed E-state index contributed by atoms with van der Waals surface area (Å²) in [7, 11) is 0. The monoisotopic (exact) mass is 102 g/mol. The molecule has 0 aromatic heterocycles. The van der Waals surface area contributed by atoms with Crippen LogP contribution in [0.25, 0.3) is 0 Å². The van der Waals surface area contributed by atoms with Crippen LogP contribution in [0.4, 0.5) is 0 Å². The highest BCUT2D eigenvalue weighted by atomic mass is 16.5. The Hall–Kier alpha value is -0.990. The van der Waals surface area contributed by atoms with Crippen LogP contribution in [0, 0.1) is 0 Å². The maximum Gasteiger partial charge on any atom is 0.293 e. The highest BCUT2D eigenvalue weighted by Gasteiger charge is 1.69. The molecule has 0 rings (SSSR count). The number of ether oxygens (including phenoxy) is 1. The Balaban J connectivity index is 2.82. The van der Waals surface area contributed by atoms with Gasteiger partial charge in [0.1, 0.15) is 6.61 Å². The van der Waals surface area contributed by atoms with Gasteiger partial charge >= 0.3 is 0 Å². The molecular formula is C4H6O3. The molecule has 0 aromatic carbocycles. The van der Waals surface area contributed by atoms with E-state index in [1.165, 1.54) is 6.08 Å². The Morgan fingerprint density at radius 1 is 1.71 bits per heavy atom. The van der Waals surface area contributed by atoms with Crippen molar-refractivity contribution in [2.45, 2.75) is 0 Å². The van der Waals surface area contributed by atoms with Gasteiger partial charge in [-0.15, -0.1) is 0 Å². The van der Waals surface area contributed by atoms with Gasteiger partial charge in [0.25, 0.3) is 6.47 Å². The summed E-state index contributed by atoms with van der Waals surface area (Å²) >= 11 is 0. The van der Waals surface area contributed by atoms with Crippen LogP contribution >= 0.6 is 0 Å². The van der Waals surface area contributed by atoms with Crippen molar-refractivity contribution < 1.29 is 14.6 Å². The molecule has 0 atom stereocenters. The minimum Gasteiger partial charge on any atom is -0.516 e. The quantitative estimate of drug-likeness (QED) is 0.315. The SMILES string of the molecule is O=COCC=CO. The number of aliphatic hydroxyl groups excluding tert-OH is 1. The Bertz CT molecular complexity index is 67.3. The molecular weight excluding hydrogens is 96.0 g/mol. The summed E-state index contributed by atoms with van der Waals surface area (Å²) in [6.45, 7) is 0.458. The molecule has 1 N–H and O–H groups in total. The lowest BCUT2D eigenvalue weighted by molar-refractivity contribution is -0.127. The highest BCUT2D eigenvalue weighted by molar-refractivity contribution is 5.37. The van der Waals surface area contributed by atoms with Crippen LogP contribution in [-0.4, -0.2) is 18.2 Å². The Morgan fingerprint density at radius 3 is 2.86 bits per heavy atom. The van der Waals surface area contributed by atoms with Gasteiger partial charge in [-0.3, -0.25) is 4.79 Å². The number of rotatable bonds is 3. The van der Waals surface area contributed by atoms with Gasteiger partial charge in [-0.2, -0.15) is 0 Å². The van der Waals surface area contributed by atoms with E-state index in [4.69, 9.17) is 5.11 Å². The molecule has 0 fully saturated rings. The predicted octanol–water partition coefficient (Wildman–Crippen LogP) is 0.231. The fourth-order valence-corrected chi connectivity index (χ4v) is 0.138. The lowest BCUT2D eigenvalue weighted by Gasteiger charge is -1.83. The number of hydrogen-bond donors (Lipinski definition) is 1. The van der Waals surface area contributed by atoms with Crippen LogP contribution < -0.4 is 0 Å². The van der Waals surface area contributed by atoms with Gasteiger partial charge < -0.3 is 9.84 Å². The Kier molecular flexibility index (Phi) is 4.30. The van der Waals surface area contributed by atoms with Crippen LogP contribution in [0.5, 0.6) is 0 Å². The topological polar surface area (TPSA) is 46.5 Å². The molecule has 3 nitrogen and oxygen atoms in total. The highest BCUT2D eigenvalue weighted by Crippen LogP contribution is 1.67. The second-order valence-electron chi connectivity index (χ2n) is 0.814. The minimum atomic E-state index is 0.139. The third kappa shape index (κ3) is 5.01. The van der Waals surface area contributed by atoms with Crippen LogP contribution in [0.3, 0.4) is 0 Å². The Labute approximate surface area is 41.2 Å². The molecule has 0 aromatic rings. The molecule has 0 spiro atoms. The predicted molar refractivity (Wildman–Crippen MR) is 23.8 cm³/mol. The summed E-state index contributed by atoms with van der Waals surface area (Å²) in [6.07, 6.45) is 2.14. The van der Waals surface area contributed by atoms with Crippen molar-refractivity contribution in [3.05, 3.63) is 12.3 Å². The molecule has 0 saturated carbocycles. The normalized spacial score (nSPS) is 9.14. The van der Waals surface area contributed by atoms with Gasteiger partial charge in [-0.1, -0.05) is 0 Å². The van der Waals surface area contributed by atoms with Crippen LogP contribution in [0.1, 0.15) is 0 Å². The zero-order valence-corrected chi connectivity index (χ0v) is 3.70. The lowest BCUT2D eigenvalue weighted by Crippen LogP contribution is -1.84. The van der Waals surface area contributed by atoms with Crippen molar-refractivity contribution in [2.75, 3.05) is 6.61 Å². The minimum absolute atomic E-state index is 0.139. The van der Waals surface area contributed by atoms with E-state index in [1.54, 1.807) is 0 Å². The second-order valence-corrected chi connectivity index (χ2v) is 0.814. The molecule has 3 heteroatoms. The average Bonchev–Trinajstić information content (AvgIpc) is 1.69. The van der Waals surface area contributed by atoms with E-state index >= 15 is 0 Å². The van der Waals surface area contributed by atoms with E-state index in [-0.39, 0.29) is 6.61 Å². The maximum atomic E-state index is 9.34. The molecule has 0 bridgehead atoms. The lowest BCUT2D eigenvalue weighted by atomic mass is 10.7. The van der Waals surface area contributed by atoms with E-state index < -0.39 is 0 Å². The van der Waals surface area contributed by atoms with Gasteiger partial charge in [0, 0.05) is 0 Å². The van der Waals surface area contributed by atoms with Gasteiger partial charge in [-0.25, -0.2) is 0 Å². The van der Waals surface area contributed by atoms with Crippen LogP contribution in [-0.2, 0) is 9.53 Å². The molecule has 0 saturated heterocycles. The molecule has 0 radical (unpaired) electrons. The van der Waals surface area contributed by atoms with Crippen molar-refractivity contribution in [1.82, 2.24) is 0 Å². The summed E-state index contributed by atoms with van der Waals surface area (Å²) in [4.78, 5) is 9.34. The van der Waals surface area contributed by atoms with Crippen LogP contribution in [0.2, 0.25) is 0 Å². The number of carbonyl (C=O) groups is 1. The maximum absolute atomic E-state index is 9.34. The molecule has 40 valence electrons. The fraction of sp³-hybridized carbons (Fsp3) is 0.250. The Morgan fingerprint density at radius 2 is 2.43 bits per heavy atom. The summed E-state index contributed by atoms with van der Waals surface area (Å²) in [5.74, 6) is 0. The third-order valence-corrected chi connectivity index (χ3v) is 0.366. The number of aliphatic hydroxyl groups is 1. The first-order valence-electron chi connectivity index (χ1n) is 1.76. The second kappa shape index (κ2) is 5.01. The third-order valence-electron chi connectivity index (χ3n) is 0.366. The zero-order chi connectivity index (χ0) is 5.54. The number of hydrogen-bond acceptors (Lipinski definition) is 3. The van der Waals surface area contributed by atoms with Crippen molar-refractivity contribution >= 4 is 6.47 Å².